The number of benzene rings is 1. The summed E-state index contributed by atoms with van der Waals surface area (Å²) in [7, 11) is 1.52. The highest BCUT2D eigenvalue weighted by Gasteiger charge is 2.17. The second-order valence-electron chi connectivity index (χ2n) is 5.03. The van der Waals surface area contributed by atoms with Crippen LogP contribution in [0.15, 0.2) is 18.2 Å². The number of hydrogen-bond donors (Lipinski definition) is 2. The number of methoxy groups -OCH3 is 1. The maximum Gasteiger partial charge on any atom is 0.335 e. The van der Waals surface area contributed by atoms with Crippen molar-refractivity contribution in [3.05, 3.63) is 23.8 Å². The molecule has 1 amide bonds. The predicted octanol–water partition coefficient (Wildman–Crippen LogP) is 2.39. The Bertz CT molecular complexity index is 513. The number of carbonyl (C=O) groups excluding carboxylic acids is 1. The summed E-state index contributed by atoms with van der Waals surface area (Å²) in [5, 5.41) is 11.7. The molecule has 116 valence electrons. The fraction of sp³-hybridized carbons (Fsp3) is 0.467. The zero-order valence-corrected chi connectivity index (χ0v) is 12.7. The average molecular weight is 295 g/mol. The molecule has 1 aromatic rings. The molecule has 6 heteroatoms. The van der Waals surface area contributed by atoms with Gasteiger partial charge >= 0.3 is 5.97 Å². The van der Waals surface area contributed by atoms with E-state index in [1.807, 2.05) is 13.8 Å². The predicted molar refractivity (Wildman–Crippen MR) is 78.8 cm³/mol. The smallest absolute Gasteiger partial charge is 0.335 e. The van der Waals surface area contributed by atoms with Gasteiger partial charge in [0.15, 0.2) is 0 Å². The molecule has 0 aromatic heterocycles. The SMILES string of the molecule is COCC(C)C(=O)Nc1cc(C(=O)O)ccc1OC(C)C. The van der Waals surface area contributed by atoms with Crippen LogP contribution >= 0.6 is 0 Å². The van der Waals surface area contributed by atoms with E-state index in [-0.39, 0.29) is 30.1 Å². The molecule has 0 aliphatic heterocycles. The summed E-state index contributed by atoms with van der Waals surface area (Å²) in [5.41, 5.74) is 0.428. The van der Waals surface area contributed by atoms with Gasteiger partial charge in [0.2, 0.25) is 5.91 Å². The summed E-state index contributed by atoms with van der Waals surface area (Å²) in [6, 6.07) is 4.37. The van der Waals surface area contributed by atoms with Crippen molar-refractivity contribution in [1.82, 2.24) is 0 Å². The third-order valence-electron chi connectivity index (χ3n) is 2.71. The van der Waals surface area contributed by atoms with Crippen LogP contribution < -0.4 is 10.1 Å². The van der Waals surface area contributed by atoms with Gasteiger partial charge in [-0.2, -0.15) is 0 Å². The molecule has 0 aliphatic carbocycles. The van der Waals surface area contributed by atoms with Crippen molar-refractivity contribution in [2.24, 2.45) is 5.92 Å². The average Bonchev–Trinajstić information content (AvgIpc) is 2.40. The van der Waals surface area contributed by atoms with Gasteiger partial charge in [0.1, 0.15) is 5.75 Å². The third-order valence-corrected chi connectivity index (χ3v) is 2.71. The first-order chi connectivity index (χ1) is 9.85. The number of rotatable bonds is 7. The normalized spacial score (nSPS) is 12.0. The molecule has 2 N–H and O–H groups in total. The van der Waals surface area contributed by atoms with Crippen molar-refractivity contribution in [2.75, 3.05) is 19.0 Å². The monoisotopic (exact) mass is 295 g/mol. The Morgan fingerprint density at radius 3 is 2.48 bits per heavy atom. The lowest BCUT2D eigenvalue weighted by Crippen LogP contribution is -2.24. The van der Waals surface area contributed by atoms with Crippen LogP contribution in [0.4, 0.5) is 5.69 Å². The van der Waals surface area contributed by atoms with Gasteiger partial charge in [0.25, 0.3) is 0 Å². The number of amides is 1. The Kier molecular flexibility index (Phi) is 6.17. The van der Waals surface area contributed by atoms with Crippen molar-refractivity contribution in [3.8, 4) is 5.75 Å². The molecule has 0 aliphatic rings. The number of aromatic carboxylic acids is 1. The van der Waals surface area contributed by atoms with Crippen LogP contribution in [0, 0.1) is 5.92 Å². The van der Waals surface area contributed by atoms with Crippen molar-refractivity contribution in [1.29, 1.82) is 0 Å². The van der Waals surface area contributed by atoms with Crippen LogP contribution in [-0.2, 0) is 9.53 Å². The summed E-state index contributed by atoms with van der Waals surface area (Å²) in [5.74, 6) is -1.23. The Morgan fingerprint density at radius 1 is 1.29 bits per heavy atom. The molecule has 1 rings (SSSR count). The summed E-state index contributed by atoms with van der Waals surface area (Å²) in [6.07, 6.45) is -0.0901. The van der Waals surface area contributed by atoms with E-state index in [0.717, 1.165) is 0 Å². The van der Waals surface area contributed by atoms with Gasteiger partial charge in [-0.15, -0.1) is 0 Å². The summed E-state index contributed by atoms with van der Waals surface area (Å²) in [4.78, 5) is 23.1. The molecule has 0 fully saturated rings. The number of ether oxygens (including phenoxy) is 2. The van der Waals surface area contributed by atoms with Crippen molar-refractivity contribution in [3.63, 3.8) is 0 Å². The first kappa shape index (κ1) is 17.0. The molecular weight excluding hydrogens is 274 g/mol. The number of nitrogens with one attached hydrogen (secondary N) is 1. The maximum atomic E-state index is 12.0. The highest BCUT2D eigenvalue weighted by Crippen LogP contribution is 2.27. The topological polar surface area (TPSA) is 84.9 Å². The molecule has 0 heterocycles. The molecule has 6 nitrogen and oxygen atoms in total. The van der Waals surface area contributed by atoms with Gasteiger partial charge in [-0.3, -0.25) is 4.79 Å². The van der Waals surface area contributed by atoms with Crippen LogP contribution in [0.5, 0.6) is 5.75 Å². The van der Waals surface area contributed by atoms with Gasteiger partial charge in [0.05, 0.1) is 29.9 Å². The molecule has 21 heavy (non-hydrogen) atoms. The van der Waals surface area contributed by atoms with Gasteiger partial charge < -0.3 is 19.9 Å². The van der Waals surface area contributed by atoms with E-state index < -0.39 is 5.97 Å². The first-order valence-corrected chi connectivity index (χ1v) is 6.69. The number of carbonyl (C=O) groups is 2. The van der Waals surface area contributed by atoms with E-state index in [2.05, 4.69) is 5.32 Å². The fourth-order valence-electron chi connectivity index (χ4n) is 1.70. The fourth-order valence-corrected chi connectivity index (χ4v) is 1.70. The van der Waals surface area contributed by atoms with E-state index in [1.54, 1.807) is 13.0 Å². The molecule has 0 radical (unpaired) electrons. The second kappa shape index (κ2) is 7.64. The number of carboxylic acid groups (broad SMARTS) is 1. The largest absolute Gasteiger partial charge is 0.489 e. The van der Waals surface area contributed by atoms with E-state index in [9.17, 15) is 9.59 Å². The van der Waals surface area contributed by atoms with Crippen molar-refractivity contribution in [2.45, 2.75) is 26.9 Å². The Labute approximate surface area is 124 Å². The minimum atomic E-state index is -1.06. The minimum absolute atomic E-state index is 0.0841. The lowest BCUT2D eigenvalue weighted by molar-refractivity contribution is -0.120. The molecule has 0 saturated carbocycles. The zero-order chi connectivity index (χ0) is 16.0. The van der Waals surface area contributed by atoms with E-state index in [0.29, 0.717) is 11.4 Å². The van der Waals surface area contributed by atoms with Crippen molar-refractivity contribution >= 4 is 17.6 Å². The van der Waals surface area contributed by atoms with Crippen molar-refractivity contribution < 1.29 is 24.2 Å². The highest BCUT2D eigenvalue weighted by molar-refractivity contribution is 5.96. The number of carboxylic acids is 1. The Hall–Kier alpha value is -2.08. The van der Waals surface area contributed by atoms with E-state index in [1.165, 1.54) is 19.2 Å². The van der Waals surface area contributed by atoms with Gasteiger partial charge in [-0.1, -0.05) is 6.92 Å². The van der Waals surface area contributed by atoms with E-state index >= 15 is 0 Å². The summed E-state index contributed by atoms with van der Waals surface area (Å²) >= 11 is 0. The quantitative estimate of drug-likeness (QED) is 0.806. The second-order valence-corrected chi connectivity index (χ2v) is 5.03. The third kappa shape index (κ3) is 5.07. The van der Waals surface area contributed by atoms with E-state index in [4.69, 9.17) is 14.6 Å². The van der Waals surface area contributed by atoms with Gasteiger partial charge in [0, 0.05) is 7.11 Å². The molecule has 0 saturated heterocycles. The molecule has 0 bridgehead atoms. The minimum Gasteiger partial charge on any atom is -0.489 e. The lowest BCUT2D eigenvalue weighted by atomic mass is 10.1. The first-order valence-electron chi connectivity index (χ1n) is 6.69. The van der Waals surface area contributed by atoms with Crippen LogP contribution in [0.2, 0.25) is 0 Å². The molecule has 1 atom stereocenters. The lowest BCUT2D eigenvalue weighted by Gasteiger charge is -2.17. The van der Waals surface area contributed by atoms with Crippen LogP contribution in [0.3, 0.4) is 0 Å². The maximum absolute atomic E-state index is 12.0. The zero-order valence-electron chi connectivity index (χ0n) is 12.7. The Morgan fingerprint density at radius 2 is 1.95 bits per heavy atom. The van der Waals surface area contributed by atoms with Crippen LogP contribution in [-0.4, -0.2) is 36.8 Å². The molecule has 1 unspecified atom stereocenters. The summed E-state index contributed by atoms with van der Waals surface area (Å²) in [6.45, 7) is 5.71. The summed E-state index contributed by atoms with van der Waals surface area (Å²) < 4.78 is 10.5. The Balaban J connectivity index is 3.02. The van der Waals surface area contributed by atoms with Crippen LogP contribution in [0.1, 0.15) is 31.1 Å². The van der Waals surface area contributed by atoms with Gasteiger partial charge in [-0.05, 0) is 32.0 Å². The number of hydrogen-bond acceptors (Lipinski definition) is 4. The molecule has 1 aromatic carbocycles. The number of anilines is 1. The van der Waals surface area contributed by atoms with Crippen LogP contribution in [0.25, 0.3) is 0 Å². The standard InChI is InChI=1S/C15H21NO5/c1-9(2)21-13-6-5-11(15(18)19)7-12(13)16-14(17)10(3)8-20-4/h5-7,9-10H,8H2,1-4H3,(H,16,17)(H,18,19). The molecular formula is C15H21NO5. The molecule has 0 spiro atoms. The van der Waals surface area contributed by atoms with Gasteiger partial charge in [-0.25, -0.2) is 4.79 Å². The highest BCUT2D eigenvalue weighted by atomic mass is 16.5.